The number of halogens is 1. The van der Waals surface area contributed by atoms with Crippen LogP contribution in [0.15, 0.2) is 58.3 Å². The molecule has 144 valence electrons. The number of benzene rings is 2. The van der Waals surface area contributed by atoms with E-state index in [1.54, 1.807) is 11.0 Å². The summed E-state index contributed by atoms with van der Waals surface area (Å²) in [7, 11) is 0. The van der Waals surface area contributed by atoms with Crippen LogP contribution in [0.25, 0.3) is 6.08 Å². The van der Waals surface area contributed by atoms with Crippen LogP contribution in [0.5, 0.6) is 0 Å². The van der Waals surface area contributed by atoms with Crippen molar-refractivity contribution in [3.05, 3.63) is 64.0 Å². The first kappa shape index (κ1) is 19.1. The van der Waals surface area contributed by atoms with Gasteiger partial charge in [0.15, 0.2) is 0 Å². The Balaban J connectivity index is 1.64. The molecular weight excluding hydrogens is 392 g/mol. The second-order valence-corrected chi connectivity index (χ2v) is 8.49. The minimum atomic E-state index is -0.144. The molecule has 0 unspecified atom stereocenters. The van der Waals surface area contributed by atoms with Gasteiger partial charge in [-0.15, -0.1) is 0 Å². The molecular formula is C22H21ClN2O2S. The zero-order chi connectivity index (χ0) is 19.5. The first-order valence-electron chi connectivity index (χ1n) is 9.45. The molecule has 4 nitrogen and oxygen atoms in total. The van der Waals surface area contributed by atoms with E-state index >= 15 is 0 Å². The van der Waals surface area contributed by atoms with Crippen molar-refractivity contribution in [3.8, 4) is 0 Å². The number of piperidine rings is 1. The van der Waals surface area contributed by atoms with Crippen molar-refractivity contribution in [2.75, 3.05) is 24.5 Å². The Labute approximate surface area is 174 Å². The molecule has 0 spiro atoms. The summed E-state index contributed by atoms with van der Waals surface area (Å²) in [5, 5.41) is 0.625. The maximum absolute atomic E-state index is 13.2. The number of anilines is 1. The average Bonchev–Trinajstić information content (AvgIpc) is 2.71. The van der Waals surface area contributed by atoms with E-state index in [2.05, 4.69) is 0 Å². The van der Waals surface area contributed by atoms with Crippen LogP contribution in [-0.2, 0) is 9.59 Å². The smallest absolute Gasteiger partial charge is 0.265 e. The van der Waals surface area contributed by atoms with Crippen molar-refractivity contribution in [2.24, 2.45) is 0 Å². The fourth-order valence-electron chi connectivity index (χ4n) is 3.55. The third-order valence-corrected chi connectivity index (χ3v) is 6.29. The Kier molecular flexibility index (Phi) is 5.74. The fraction of sp³-hybridized carbons (Fsp3) is 0.273. The van der Waals surface area contributed by atoms with Gasteiger partial charge in [0.05, 0.1) is 10.6 Å². The Morgan fingerprint density at radius 2 is 1.86 bits per heavy atom. The molecule has 0 aliphatic carbocycles. The lowest BCUT2D eigenvalue weighted by atomic mass is 10.1. The second kappa shape index (κ2) is 8.41. The van der Waals surface area contributed by atoms with Gasteiger partial charge < -0.3 is 4.90 Å². The topological polar surface area (TPSA) is 40.6 Å². The predicted molar refractivity (Wildman–Crippen MR) is 115 cm³/mol. The maximum Gasteiger partial charge on any atom is 0.265 e. The van der Waals surface area contributed by atoms with Crippen molar-refractivity contribution in [2.45, 2.75) is 24.2 Å². The lowest BCUT2D eigenvalue weighted by Crippen LogP contribution is -2.46. The molecule has 1 saturated heterocycles. The first-order chi connectivity index (χ1) is 13.6. The van der Waals surface area contributed by atoms with E-state index in [0.717, 1.165) is 42.1 Å². The zero-order valence-electron chi connectivity index (χ0n) is 15.4. The fourth-order valence-corrected chi connectivity index (χ4v) is 4.80. The summed E-state index contributed by atoms with van der Waals surface area (Å²) in [4.78, 5) is 31.1. The number of likely N-dealkylation sites (tertiary alicyclic amines) is 1. The summed E-state index contributed by atoms with van der Waals surface area (Å²) in [6.07, 6.45) is 5.07. The van der Waals surface area contributed by atoms with Gasteiger partial charge >= 0.3 is 0 Å². The quantitative estimate of drug-likeness (QED) is 0.678. The minimum absolute atomic E-state index is 0.0110. The van der Waals surface area contributed by atoms with Gasteiger partial charge in [0, 0.05) is 23.0 Å². The molecule has 2 amide bonds. The van der Waals surface area contributed by atoms with E-state index in [9.17, 15) is 9.59 Å². The lowest BCUT2D eigenvalue weighted by Gasteiger charge is -2.33. The van der Waals surface area contributed by atoms with Crippen LogP contribution < -0.4 is 4.90 Å². The molecule has 0 N–H and O–H groups in total. The lowest BCUT2D eigenvalue weighted by molar-refractivity contribution is -0.131. The van der Waals surface area contributed by atoms with Gasteiger partial charge in [0.2, 0.25) is 5.91 Å². The molecule has 0 aromatic heterocycles. The molecule has 2 aliphatic rings. The Morgan fingerprint density at radius 3 is 2.64 bits per heavy atom. The van der Waals surface area contributed by atoms with Gasteiger partial charge in [-0.05, 0) is 55.2 Å². The molecule has 0 atom stereocenters. The Bertz CT molecular complexity index is 938. The van der Waals surface area contributed by atoms with Crippen LogP contribution >= 0.6 is 23.4 Å². The molecule has 0 radical (unpaired) electrons. The highest BCUT2D eigenvalue weighted by molar-refractivity contribution is 8.04. The monoisotopic (exact) mass is 412 g/mol. The molecule has 6 heteroatoms. The van der Waals surface area contributed by atoms with Gasteiger partial charge in [-0.2, -0.15) is 0 Å². The zero-order valence-corrected chi connectivity index (χ0v) is 17.0. The first-order valence-corrected chi connectivity index (χ1v) is 10.6. The predicted octanol–water partition coefficient (Wildman–Crippen LogP) is 4.83. The number of thioether (sulfide) groups is 1. The van der Waals surface area contributed by atoms with E-state index in [1.807, 2.05) is 53.4 Å². The second-order valence-electron chi connectivity index (χ2n) is 6.97. The van der Waals surface area contributed by atoms with Crippen LogP contribution in [0.3, 0.4) is 0 Å². The number of amides is 2. The molecule has 2 heterocycles. The number of fused-ring (bicyclic) bond motifs is 1. The number of rotatable bonds is 3. The van der Waals surface area contributed by atoms with E-state index < -0.39 is 0 Å². The third-order valence-electron chi connectivity index (χ3n) is 4.98. The van der Waals surface area contributed by atoms with E-state index in [-0.39, 0.29) is 18.4 Å². The van der Waals surface area contributed by atoms with Gasteiger partial charge in [0.1, 0.15) is 6.54 Å². The highest BCUT2D eigenvalue weighted by atomic mass is 35.5. The number of carbonyl (C=O) groups is 2. The number of nitrogens with zero attached hydrogens (tertiary/aromatic N) is 2. The molecule has 2 aromatic carbocycles. The van der Waals surface area contributed by atoms with Crippen molar-refractivity contribution in [3.63, 3.8) is 0 Å². The van der Waals surface area contributed by atoms with Gasteiger partial charge in [0.25, 0.3) is 5.91 Å². The SMILES string of the molecule is O=C(CN1C(=O)/C(=C/c2cccc(Cl)c2)Sc2ccccc21)N1CCCCC1. The number of carbonyl (C=O) groups excluding carboxylic acids is 2. The maximum atomic E-state index is 13.2. The molecule has 28 heavy (non-hydrogen) atoms. The van der Waals surface area contributed by atoms with Crippen molar-refractivity contribution in [1.82, 2.24) is 4.90 Å². The van der Waals surface area contributed by atoms with Crippen LogP contribution in [-0.4, -0.2) is 36.3 Å². The van der Waals surface area contributed by atoms with Crippen molar-refractivity contribution >= 4 is 46.9 Å². The molecule has 0 bridgehead atoms. The largest absolute Gasteiger partial charge is 0.341 e. The van der Waals surface area contributed by atoms with E-state index in [0.29, 0.717) is 9.93 Å². The number of para-hydroxylation sites is 1. The summed E-state index contributed by atoms with van der Waals surface area (Å²) < 4.78 is 0. The summed E-state index contributed by atoms with van der Waals surface area (Å²) >= 11 is 7.52. The number of hydrogen-bond acceptors (Lipinski definition) is 3. The van der Waals surface area contributed by atoms with Crippen LogP contribution in [0.2, 0.25) is 5.02 Å². The van der Waals surface area contributed by atoms with Crippen LogP contribution in [0.4, 0.5) is 5.69 Å². The van der Waals surface area contributed by atoms with E-state index in [4.69, 9.17) is 11.6 Å². The molecule has 1 fully saturated rings. The third kappa shape index (κ3) is 4.10. The summed E-state index contributed by atoms with van der Waals surface area (Å²) in [5.74, 6) is -0.133. The Morgan fingerprint density at radius 1 is 1.07 bits per heavy atom. The minimum Gasteiger partial charge on any atom is -0.341 e. The summed E-state index contributed by atoms with van der Waals surface area (Å²) in [6.45, 7) is 1.63. The molecule has 2 aliphatic heterocycles. The van der Waals surface area contributed by atoms with E-state index in [1.165, 1.54) is 18.2 Å². The van der Waals surface area contributed by atoms with Gasteiger partial charge in [-0.1, -0.05) is 47.6 Å². The molecule has 4 rings (SSSR count). The van der Waals surface area contributed by atoms with Gasteiger partial charge in [-0.25, -0.2) is 0 Å². The van der Waals surface area contributed by atoms with Crippen LogP contribution in [0.1, 0.15) is 24.8 Å². The highest BCUT2D eigenvalue weighted by Crippen LogP contribution is 2.42. The normalized spacial score (nSPS) is 18.3. The van der Waals surface area contributed by atoms with Crippen molar-refractivity contribution in [1.29, 1.82) is 0 Å². The summed E-state index contributed by atoms with van der Waals surface area (Å²) in [6, 6.07) is 15.1. The Hall–Kier alpha value is -2.24. The van der Waals surface area contributed by atoms with Crippen molar-refractivity contribution < 1.29 is 9.59 Å². The highest BCUT2D eigenvalue weighted by Gasteiger charge is 2.31. The molecule has 2 aromatic rings. The average molecular weight is 413 g/mol. The van der Waals surface area contributed by atoms with Crippen LogP contribution in [0, 0.1) is 0 Å². The van der Waals surface area contributed by atoms with Gasteiger partial charge in [-0.3, -0.25) is 14.5 Å². The summed E-state index contributed by atoms with van der Waals surface area (Å²) in [5.41, 5.74) is 1.66. The standard InChI is InChI=1S/C22H21ClN2O2S/c23-17-8-6-7-16(13-17)14-20-22(27)25(18-9-2-3-10-19(18)28-20)15-21(26)24-11-4-1-5-12-24/h2-3,6-10,13-14H,1,4-5,11-12,15H2/b20-14-. The molecule has 0 saturated carbocycles. The number of hydrogen-bond donors (Lipinski definition) is 0.